The average molecular weight is 289 g/mol. The fraction of sp³-hybridized carbons (Fsp3) is 0.308. The lowest BCUT2D eigenvalue weighted by molar-refractivity contribution is -0.137. The highest BCUT2D eigenvalue weighted by molar-refractivity contribution is 6.04. The highest BCUT2D eigenvalue weighted by atomic mass is 16.4. The molecule has 2 rings (SSSR count). The number of amides is 1. The molecule has 0 fully saturated rings. The SMILES string of the molecule is CCc1nnc(C)cc1C(=O)Nc1ccn(CC(=O)O)n1. The van der Waals surface area contributed by atoms with Crippen LogP contribution in [0, 0.1) is 6.92 Å². The van der Waals surface area contributed by atoms with Crippen molar-refractivity contribution >= 4 is 17.7 Å². The van der Waals surface area contributed by atoms with Gasteiger partial charge in [0.15, 0.2) is 5.82 Å². The molecule has 2 aromatic rings. The number of aromatic nitrogens is 4. The van der Waals surface area contributed by atoms with Crippen LogP contribution < -0.4 is 5.32 Å². The molecule has 110 valence electrons. The van der Waals surface area contributed by atoms with E-state index in [-0.39, 0.29) is 18.3 Å². The second-order valence-electron chi connectivity index (χ2n) is 4.45. The first kappa shape index (κ1) is 14.6. The third-order valence-electron chi connectivity index (χ3n) is 2.75. The zero-order valence-electron chi connectivity index (χ0n) is 11.7. The van der Waals surface area contributed by atoms with Gasteiger partial charge in [0, 0.05) is 12.3 Å². The Morgan fingerprint density at radius 3 is 2.81 bits per heavy atom. The summed E-state index contributed by atoms with van der Waals surface area (Å²) in [5.74, 6) is -1.05. The van der Waals surface area contributed by atoms with Crippen LogP contribution in [0.15, 0.2) is 18.3 Å². The molecule has 2 aromatic heterocycles. The number of carbonyl (C=O) groups excluding carboxylic acids is 1. The van der Waals surface area contributed by atoms with Crippen LogP contribution in [0.5, 0.6) is 0 Å². The number of carboxylic acids is 1. The number of nitrogens with zero attached hydrogens (tertiary/aromatic N) is 4. The van der Waals surface area contributed by atoms with Crippen LogP contribution >= 0.6 is 0 Å². The van der Waals surface area contributed by atoms with E-state index in [1.165, 1.54) is 16.9 Å². The van der Waals surface area contributed by atoms with Gasteiger partial charge >= 0.3 is 5.97 Å². The first-order valence-corrected chi connectivity index (χ1v) is 6.39. The molecule has 0 unspecified atom stereocenters. The fourth-order valence-corrected chi connectivity index (χ4v) is 1.81. The van der Waals surface area contributed by atoms with Crippen molar-refractivity contribution in [3.8, 4) is 0 Å². The summed E-state index contributed by atoms with van der Waals surface area (Å²) in [5, 5.41) is 23.2. The molecule has 0 aliphatic heterocycles. The Hall–Kier alpha value is -2.77. The molecule has 2 N–H and O–H groups in total. The molecule has 0 spiro atoms. The smallest absolute Gasteiger partial charge is 0.325 e. The molecule has 1 amide bonds. The van der Waals surface area contributed by atoms with Gasteiger partial charge in [-0.15, -0.1) is 0 Å². The molecule has 0 atom stereocenters. The zero-order chi connectivity index (χ0) is 15.4. The Morgan fingerprint density at radius 1 is 1.38 bits per heavy atom. The second kappa shape index (κ2) is 6.12. The quantitative estimate of drug-likeness (QED) is 0.845. The zero-order valence-corrected chi connectivity index (χ0v) is 11.7. The van der Waals surface area contributed by atoms with Gasteiger partial charge in [0.2, 0.25) is 0 Å². The van der Waals surface area contributed by atoms with E-state index in [1.54, 1.807) is 13.0 Å². The molecule has 0 bridgehead atoms. The van der Waals surface area contributed by atoms with E-state index in [4.69, 9.17) is 5.11 Å². The highest BCUT2D eigenvalue weighted by Gasteiger charge is 2.14. The van der Waals surface area contributed by atoms with Gasteiger partial charge in [-0.25, -0.2) is 0 Å². The lowest BCUT2D eigenvalue weighted by Crippen LogP contribution is -2.17. The minimum atomic E-state index is -1.00. The predicted molar refractivity (Wildman–Crippen MR) is 74.0 cm³/mol. The largest absolute Gasteiger partial charge is 0.480 e. The number of aliphatic carboxylic acids is 1. The van der Waals surface area contributed by atoms with Gasteiger partial charge in [-0.2, -0.15) is 15.3 Å². The van der Waals surface area contributed by atoms with E-state index < -0.39 is 5.97 Å². The molecule has 0 radical (unpaired) electrons. The topological polar surface area (TPSA) is 110 Å². The van der Waals surface area contributed by atoms with Crippen LogP contribution in [0.4, 0.5) is 5.82 Å². The summed E-state index contributed by atoms with van der Waals surface area (Å²) >= 11 is 0. The Balaban J connectivity index is 2.16. The number of nitrogens with one attached hydrogen (secondary N) is 1. The van der Waals surface area contributed by atoms with Gasteiger partial charge in [-0.3, -0.25) is 14.3 Å². The van der Waals surface area contributed by atoms with E-state index in [0.29, 0.717) is 23.4 Å². The summed E-state index contributed by atoms with van der Waals surface area (Å²) in [5.41, 5.74) is 1.69. The first-order chi connectivity index (χ1) is 9.99. The Bertz CT molecular complexity index is 680. The van der Waals surface area contributed by atoms with Crippen LogP contribution in [-0.2, 0) is 17.8 Å². The first-order valence-electron chi connectivity index (χ1n) is 6.39. The molecule has 0 aliphatic rings. The van der Waals surface area contributed by atoms with Gasteiger partial charge in [0.25, 0.3) is 5.91 Å². The van der Waals surface area contributed by atoms with Crippen molar-refractivity contribution in [3.63, 3.8) is 0 Å². The van der Waals surface area contributed by atoms with Crippen molar-refractivity contribution < 1.29 is 14.7 Å². The maximum atomic E-state index is 12.2. The number of anilines is 1. The van der Waals surface area contributed by atoms with Gasteiger partial charge in [-0.1, -0.05) is 6.92 Å². The number of rotatable bonds is 5. The molecular weight excluding hydrogens is 274 g/mol. The summed E-state index contributed by atoms with van der Waals surface area (Å²) in [6, 6.07) is 3.20. The van der Waals surface area contributed by atoms with E-state index in [9.17, 15) is 9.59 Å². The lowest BCUT2D eigenvalue weighted by Gasteiger charge is -2.06. The minimum absolute atomic E-state index is 0.258. The molecule has 0 saturated carbocycles. The van der Waals surface area contributed by atoms with Crippen molar-refractivity contribution in [2.45, 2.75) is 26.8 Å². The average Bonchev–Trinajstić information content (AvgIpc) is 2.85. The monoisotopic (exact) mass is 289 g/mol. The van der Waals surface area contributed by atoms with E-state index >= 15 is 0 Å². The van der Waals surface area contributed by atoms with Crippen LogP contribution in [0.3, 0.4) is 0 Å². The maximum Gasteiger partial charge on any atom is 0.325 e. The van der Waals surface area contributed by atoms with Crippen molar-refractivity contribution in [3.05, 3.63) is 35.3 Å². The Kier molecular flexibility index (Phi) is 4.27. The molecule has 0 aromatic carbocycles. The molecule has 8 nitrogen and oxygen atoms in total. The van der Waals surface area contributed by atoms with Gasteiger partial charge in [-0.05, 0) is 19.4 Å². The van der Waals surface area contributed by atoms with Crippen LogP contribution in [-0.4, -0.2) is 37.0 Å². The highest BCUT2D eigenvalue weighted by Crippen LogP contribution is 2.11. The van der Waals surface area contributed by atoms with Crippen molar-refractivity contribution in [1.82, 2.24) is 20.0 Å². The molecule has 2 heterocycles. The summed E-state index contributed by atoms with van der Waals surface area (Å²) in [6.45, 7) is 3.38. The van der Waals surface area contributed by atoms with Crippen LogP contribution in [0.25, 0.3) is 0 Å². The predicted octanol–water partition coefficient (Wildman–Crippen LogP) is 0.881. The van der Waals surface area contributed by atoms with Gasteiger partial charge < -0.3 is 10.4 Å². The van der Waals surface area contributed by atoms with Gasteiger partial charge in [0.05, 0.1) is 17.0 Å². The Labute approximate surface area is 120 Å². The van der Waals surface area contributed by atoms with Crippen LogP contribution in [0.1, 0.15) is 28.7 Å². The van der Waals surface area contributed by atoms with Crippen molar-refractivity contribution in [2.24, 2.45) is 0 Å². The van der Waals surface area contributed by atoms with Crippen molar-refractivity contribution in [2.75, 3.05) is 5.32 Å². The lowest BCUT2D eigenvalue weighted by atomic mass is 10.1. The summed E-state index contributed by atoms with van der Waals surface area (Å²) in [7, 11) is 0. The number of hydrogen-bond acceptors (Lipinski definition) is 5. The fourth-order valence-electron chi connectivity index (χ4n) is 1.81. The Morgan fingerprint density at radius 2 is 2.14 bits per heavy atom. The molecule has 21 heavy (non-hydrogen) atoms. The molecule has 0 aliphatic carbocycles. The number of carbonyl (C=O) groups is 2. The van der Waals surface area contributed by atoms with E-state index in [1.807, 2.05) is 6.92 Å². The van der Waals surface area contributed by atoms with Crippen molar-refractivity contribution in [1.29, 1.82) is 0 Å². The number of carboxylic acid groups (broad SMARTS) is 1. The standard InChI is InChI=1S/C13H15N5O3/c1-3-10-9(6-8(2)15-16-10)13(21)14-11-4-5-18(17-11)7-12(19)20/h4-6H,3,7H2,1-2H3,(H,19,20)(H,14,17,21). The van der Waals surface area contributed by atoms with Crippen LogP contribution in [0.2, 0.25) is 0 Å². The van der Waals surface area contributed by atoms with E-state index in [0.717, 1.165) is 0 Å². The minimum Gasteiger partial charge on any atom is -0.480 e. The molecule has 8 heteroatoms. The molecular formula is C13H15N5O3. The molecule has 0 saturated heterocycles. The normalized spacial score (nSPS) is 10.4. The number of hydrogen-bond donors (Lipinski definition) is 2. The third-order valence-corrected chi connectivity index (χ3v) is 2.75. The number of aryl methyl sites for hydroxylation is 2. The van der Waals surface area contributed by atoms with Gasteiger partial charge in [0.1, 0.15) is 6.54 Å². The summed E-state index contributed by atoms with van der Waals surface area (Å²) in [6.07, 6.45) is 2.07. The summed E-state index contributed by atoms with van der Waals surface area (Å²) in [4.78, 5) is 22.8. The van der Waals surface area contributed by atoms with E-state index in [2.05, 4.69) is 20.6 Å². The second-order valence-corrected chi connectivity index (χ2v) is 4.45. The maximum absolute atomic E-state index is 12.2. The summed E-state index contributed by atoms with van der Waals surface area (Å²) < 4.78 is 1.23. The third kappa shape index (κ3) is 3.62.